The minimum atomic E-state index is 0.889. The van der Waals surface area contributed by atoms with Gasteiger partial charge in [-0.05, 0) is 33.8 Å². The summed E-state index contributed by atoms with van der Waals surface area (Å²) in [6, 6.07) is 0. The molecule has 1 aliphatic heterocycles. The van der Waals surface area contributed by atoms with E-state index in [0.29, 0.717) is 0 Å². The molecule has 4 nitrogen and oxygen atoms in total. The zero-order valence-electron chi connectivity index (χ0n) is 10.8. The van der Waals surface area contributed by atoms with E-state index in [-0.39, 0.29) is 0 Å². The van der Waals surface area contributed by atoms with Crippen LogP contribution in [0.5, 0.6) is 0 Å². The molecule has 3 aromatic heterocycles. The molecular weight excluding hydrogens is 356 g/mol. The Hall–Kier alpha value is -1.05. The zero-order valence-corrected chi connectivity index (χ0v) is 14.0. The molecule has 0 amide bonds. The molecule has 0 unspecified atom stereocenters. The highest BCUT2D eigenvalue weighted by atomic mass is 79.9. The number of thiazole rings is 1. The van der Waals surface area contributed by atoms with E-state index in [1.165, 1.54) is 21.5 Å². The Morgan fingerprint density at radius 3 is 3.15 bits per heavy atom. The second kappa shape index (κ2) is 4.75. The van der Waals surface area contributed by atoms with Crippen molar-refractivity contribution >= 4 is 54.6 Å². The van der Waals surface area contributed by atoms with E-state index in [1.807, 2.05) is 0 Å². The summed E-state index contributed by atoms with van der Waals surface area (Å²) < 4.78 is 0.976. The number of hydrogen-bond acceptors (Lipinski definition) is 6. The van der Waals surface area contributed by atoms with Crippen molar-refractivity contribution in [1.82, 2.24) is 15.0 Å². The fourth-order valence-electron chi connectivity index (χ4n) is 2.58. The number of thiophene rings is 1. The summed E-state index contributed by atoms with van der Waals surface area (Å²) in [5.74, 6) is 1.06. The number of nitrogens with zero attached hydrogens (tertiary/aromatic N) is 4. The Balaban J connectivity index is 1.79. The number of rotatable bonds is 1. The first kappa shape index (κ1) is 12.7. The predicted octanol–water partition coefficient (Wildman–Crippen LogP) is 3.78. The quantitative estimate of drug-likeness (QED) is 0.657. The van der Waals surface area contributed by atoms with Crippen molar-refractivity contribution < 1.29 is 0 Å². The highest BCUT2D eigenvalue weighted by Gasteiger charge is 2.23. The van der Waals surface area contributed by atoms with Crippen molar-refractivity contribution in [3.8, 4) is 0 Å². The first-order valence-corrected chi connectivity index (χ1v) is 8.79. The molecule has 4 rings (SSSR count). The van der Waals surface area contributed by atoms with Gasteiger partial charge in [0.1, 0.15) is 17.0 Å². The average molecular weight is 367 g/mol. The van der Waals surface area contributed by atoms with Gasteiger partial charge in [-0.25, -0.2) is 15.0 Å². The van der Waals surface area contributed by atoms with Crippen LogP contribution in [-0.2, 0) is 13.0 Å². The molecule has 20 heavy (non-hydrogen) atoms. The highest BCUT2D eigenvalue weighted by Crippen LogP contribution is 2.35. The van der Waals surface area contributed by atoms with Gasteiger partial charge in [0.05, 0.1) is 17.6 Å². The average Bonchev–Trinajstić information content (AvgIpc) is 3.00. The normalized spacial score (nSPS) is 14.8. The van der Waals surface area contributed by atoms with Gasteiger partial charge in [0.15, 0.2) is 3.92 Å². The largest absolute Gasteiger partial charge is 0.350 e. The van der Waals surface area contributed by atoms with Gasteiger partial charge in [0, 0.05) is 17.8 Å². The maximum Gasteiger partial charge on any atom is 0.159 e. The zero-order chi connectivity index (χ0) is 13.7. The lowest BCUT2D eigenvalue weighted by atomic mass is 10.1. The summed E-state index contributed by atoms with van der Waals surface area (Å²) in [5, 5.41) is 3.35. The van der Waals surface area contributed by atoms with Crippen molar-refractivity contribution in [3.05, 3.63) is 31.8 Å². The molecule has 0 saturated heterocycles. The van der Waals surface area contributed by atoms with Crippen LogP contribution in [0.15, 0.2) is 15.6 Å². The molecule has 0 aliphatic carbocycles. The second-order valence-electron chi connectivity index (χ2n) is 4.80. The molecule has 0 N–H and O–H groups in total. The van der Waals surface area contributed by atoms with Gasteiger partial charge in [-0.1, -0.05) is 0 Å². The van der Waals surface area contributed by atoms with Crippen molar-refractivity contribution in [2.75, 3.05) is 11.4 Å². The van der Waals surface area contributed by atoms with Crippen LogP contribution in [0.4, 0.5) is 5.82 Å². The lowest BCUT2D eigenvalue weighted by Gasteiger charge is -2.27. The maximum atomic E-state index is 4.54. The molecule has 1 aliphatic rings. The summed E-state index contributed by atoms with van der Waals surface area (Å²) in [4.78, 5) is 18.2. The summed E-state index contributed by atoms with van der Waals surface area (Å²) in [6.07, 6.45) is 2.65. The molecule has 0 bridgehead atoms. The van der Waals surface area contributed by atoms with Crippen LogP contribution in [0.2, 0.25) is 0 Å². The minimum Gasteiger partial charge on any atom is -0.350 e. The van der Waals surface area contributed by atoms with Gasteiger partial charge in [-0.2, -0.15) is 0 Å². The monoisotopic (exact) mass is 366 g/mol. The maximum absolute atomic E-state index is 4.54. The SMILES string of the molecule is Cc1csc2ncnc(N3CCc4nc(Br)sc4C3)c12. The topological polar surface area (TPSA) is 41.9 Å². The van der Waals surface area contributed by atoms with Gasteiger partial charge in [-0.15, -0.1) is 22.7 Å². The number of fused-ring (bicyclic) bond motifs is 2. The van der Waals surface area contributed by atoms with E-state index in [4.69, 9.17) is 0 Å². The van der Waals surface area contributed by atoms with Gasteiger partial charge in [-0.3, -0.25) is 0 Å². The van der Waals surface area contributed by atoms with Gasteiger partial charge in [0.2, 0.25) is 0 Å². The lowest BCUT2D eigenvalue weighted by molar-refractivity contribution is 0.720. The standard InChI is InChI=1S/C13H11BrN4S2/c1-7-5-19-12-10(7)11(15-6-16-12)18-3-2-8-9(4-18)20-13(14)17-8/h5-6H,2-4H2,1H3. The number of aromatic nitrogens is 3. The van der Waals surface area contributed by atoms with Crippen LogP contribution in [0.1, 0.15) is 16.1 Å². The van der Waals surface area contributed by atoms with Crippen LogP contribution in [0.3, 0.4) is 0 Å². The van der Waals surface area contributed by atoms with Crippen molar-refractivity contribution in [2.45, 2.75) is 19.9 Å². The summed E-state index contributed by atoms with van der Waals surface area (Å²) in [6.45, 7) is 3.98. The van der Waals surface area contributed by atoms with Crippen molar-refractivity contribution in [3.63, 3.8) is 0 Å². The Morgan fingerprint density at radius 1 is 1.35 bits per heavy atom. The third-order valence-corrected chi connectivity index (χ3v) is 6.08. The molecule has 0 spiro atoms. The number of anilines is 1. The third-order valence-electron chi connectivity index (χ3n) is 3.54. The molecule has 4 heterocycles. The molecule has 0 aromatic carbocycles. The molecule has 7 heteroatoms. The molecule has 102 valence electrons. The highest BCUT2D eigenvalue weighted by molar-refractivity contribution is 9.11. The van der Waals surface area contributed by atoms with Crippen molar-refractivity contribution in [2.24, 2.45) is 0 Å². The summed E-state index contributed by atoms with van der Waals surface area (Å²) >= 11 is 6.89. The van der Waals surface area contributed by atoms with Crippen LogP contribution in [0.25, 0.3) is 10.2 Å². The molecule has 0 radical (unpaired) electrons. The first-order chi connectivity index (χ1) is 9.72. The van der Waals surface area contributed by atoms with E-state index in [0.717, 1.165) is 34.1 Å². The Kier molecular flexibility index (Phi) is 3.01. The molecule has 0 saturated carbocycles. The molecule has 0 atom stereocenters. The van der Waals surface area contributed by atoms with Crippen molar-refractivity contribution in [1.29, 1.82) is 0 Å². The van der Waals surface area contributed by atoms with Crippen LogP contribution < -0.4 is 4.90 Å². The predicted molar refractivity (Wildman–Crippen MR) is 86.7 cm³/mol. The van der Waals surface area contributed by atoms with Gasteiger partial charge < -0.3 is 4.90 Å². The Morgan fingerprint density at radius 2 is 2.25 bits per heavy atom. The smallest absolute Gasteiger partial charge is 0.159 e. The van der Waals surface area contributed by atoms with E-state index in [1.54, 1.807) is 29.0 Å². The Labute approximate surface area is 132 Å². The van der Waals surface area contributed by atoms with E-state index in [9.17, 15) is 0 Å². The molecular formula is C13H11BrN4S2. The lowest BCUT2D eigenvalue weighted by Crippen LogP contribution is -2.30. The van der Waals surface area contributed by atoms with E-state index in [2.05, 4.69) is 48.1 Å². The second-order valence-corrected chi connectivity index (χ2v) is 8.02. The van der Waals surface area contributed by atoms with E-state index >= 15 is 0 Å². The van der Waals surface area contributed by atoms with Gasteiger partial charge in [0.25, 0.3) is 0 Å². The Bertz CT molecular complexity index is 795. The number of halogens is 1. The third kappa shape index (κ3) is 1.96. The van der Waals surface area contributed by atoms with Crippen LogP contribution in [0, 0.1) is 6.92 Å². The molecule has 0 fully saturated rings. The number of aryl methyl sites for hydroxylation is 1. The van der Waals surface area contributed by atoms with Crippen LogP contribution >= 0.6 is 38.6 Å². The summed E-state index contributed by atoms with van der Waals surface area (Å²) in [5.41, 5.74) is 2.49. The first-order valence-electron chi connectivity index (χ1n) is 6.30. The number of hydrogen-bond donors (Lipinski definition) is 0. The fraction of sp³-hybridized carbons (Fsp3) is 0.308. The summed E-state index contributed by atoms with van der Waals surface area (Å²) in [7, 11) is 0. The van der Waals surface area contributed by atoms with Gasteiger partial charge >= 0.3 is 0 Å². The van der Waals surface area contributed by atoms with E-state index < -0.39 is 0 Å². The fourth-order valence-corrected chi connectivity index (χ4v) is 5.11. The molecule has 3 aromatic rings. The minimum absolute atomic E-state index is 0.889. The van der Waals surface area contributed by atoms with Crippen LogP contribution in [-0.4, -0.2) is 21.5 Å².